The second kappa shape index (κ2) is 8.55. The molecule has 0 amide bonds. The fourth-order valence-corrected chi connectivity index (χ4v) is 6.53. The molecule has 3 aromatic carbocycles. The predicted octanol–water partition coefficient (Wildman–Crippen LogP) is 4.34. The van der Waals surface area contributed by atoms with Crippen molar-refractivity contribution >= 4 is 30.6 Å². The number of hydrogen-bond donors (Lipinski definition) is 0. The lowest BCUT2D eigenvalue weighted by molar-refractivity contribution is -0.114. The smallest absolute Gasteiger partial charge is 0.311 e. The number of rotatable bonds is 6. The number of methoxy groups -OCH3 is 1. The van der Waals surface area contributed by atoms with Crippen molar-refractivity contribution in [3.63, 3.8) is 0 Å². The van der Waals surface area contributed by atoms with Crippen LogP contribution in [0.15, 0.2) is 102 Å². The molecule has 0 saturated heterocycles. The summed E-state index contributed by atoms with van der Waals surface area (Å²) in [4.78, 5) is 12.7. The monoisotopic (exact) mass is 412 g/mol. The van der Waals surface area contributed by atoms with Gasteiger partial charge in [-0.25, -0.2) is 0 Å². The Balaban J connectivity index is 1.71. The minimum Gasteiger partial charge on any atom is -0.535 e. The van der Waals surface area contributed by atoms with Crippen LogP contribution in [0.3, 0.4) is 0 Å². The number of Topliss-reactive ketones (excluding diaryl/α,β-unsaturated/α-hetero) is 1. The van der Waals surface area contributed by atoms with Crippen molar-refractivity contribution in [1.29, 1.82) is 0 Å². The van der Waals surface area contributed by atoms with Crippen molar-refractivity contribution in [1.82, 2.24) is 0 Å². The van der Waals surface area contributed by atoms with Gasteiger partial charge in [-0.2, -0.15) is 0 Å². The van der Waals surface area contributed by atoms with Crippen LogP contribution in [0.25, 0.3) is 6.08 Å². The Labute approximate surface area is 178 Å². The lowest BCUT2D eigenvalue weighted by atomic mass is 10.1. The quantitative estimate of drug-likeness (QED) is 0.446. The molecule has 4 heteroatoms. The van der Waals surface area contributed by atoms with Crippen molar-refractivity contribution < 1.29 is 14.0 Å². The number of carbonyl (C=O) groups is 1. The predicted molar refractivity (Wildman–Crippen MR) is 124 cm³/mol. The number of allylic oxidation sites excluding steroid dienone is 2. The molecule has 3 aromatic rings. The van der Waals surface area contributed by atoms with Crippen molar-refractivity contribution in [2.24, 2.45) is 0 Å². The molecule has 150 valence electrons. The second-order valence-electron chi connectivity index (χ2n) is 7.39. The van der Waals surface area contributed by atoms with Crippen molar-refractivity contribution in [2.45, 2.75) is 13.0 Å². The van der Waals surface area contributed by atoms with Crippen LogP contribution in [-0.2, 0) is 9.22 Å². The Hall–Kier alpha value is -3.37. The van der Waals surface area contributed by atoms with Crippen LogP contribution in [0.5, 0.6) is 5.75 Å². The summed E-state index contributed by atoms with van der Waals surface area (Å²) in [5, 5.41) is 2.33. The molecule has 0 spiro atoms. The summed E-state index contributed by atoms with van der Waals surface area (Å²) in [5.41, 5.74) is 1.57. The van der Waals surface area contributed by atoms with E-state index in [4.69, 9.17) is 9.16 Å². The first-order chi connectivity index (χ1) is 14.6. The highest BCUT2D eigenvalue weighted by Crippen LogP contribution is 2.28. The normalized spacial score (nSPS) is 15.2. The van der Waals surface area contributed by atoms with Crippen LogP contribution in [0.2, 0.25) is 6.55 Å². The molecule has 4 rings (SSSR count). The highest BCUT2D eigenvalue weighted by atomic mass is 28.4. The molecule has 0 atom stereocenters. The Morgan fingerprint density at radius 3 is 1.93 bits per heavy atom. The molecule has 0 radical (unpaired) electrons. The van der Waals surface area contributed by atoms with Gasteiger partial charge in [0.2, 0.25) is 0 Å². The molecule has 0 N–H and O–H groups in total. The van der Waals surface area contributed by atoms with E-state index in [9.17, 15) is 4.79 Å². The van der Waals surface area contributed by atoms with Gasteiger partial charge in [0.15, 0.2) is 5.78 Å². The standard InChI is InChI=1S/C26H24O3Si/c1-28-21-15-13-20(14-16-21)19-24-25(27)17-18-26(24)29-30(2,22-9-5-3-6-10-22)23-11-7-4-8-12-23/h3-16,18-19H,17H2,1-2H3. The van der Waals surface area contributed by atoms with Gasteiger partial charge in [-0.15, -0.1) is 0 Å². The summed E-state index contributed by atoms with van der Waals surface area (Å²) in [6.45, 7) is 2.19. The minimum atomic E-state index is -2.55. The van der Waals surface area contributed by atoms with E-state index in [0.29, 0.717) is 17.8 Å². The van der Waals surface area contributed by atoms with Crippen molar-refractivity contribution in [3.05, 3.63) is 108 Å². The van der Waals surface area contributed by atoms with E-state index >= 15 is 0 Å². The van der Waals surface area contributed by atoms with Crippen molar-refractivity contribution in [3.8, 4) is 5.75 Å². The molecular formula is C26H24O3Si. The zero-order chi connectivity index (χ0) is 21.0. The van der Waals surface area contributed by atoms with E-state index in [2.05, 4.69) is 30.8 Å². The Bertz CT molecular complexity index is 1040. The summed E-state index contributed by atoms with van der Waals surface area (Å²) in [6, 6.07) is 28.3. The number of hydrogen-bond acceptors (Lipinski definition) is 3. The number of ether oxygens (including phenoxy) is 1. The zero-order valence-corrected chi connectivity index (χ0v) is 18.2. The summed E-state index contributed by atoms with van der Waals surface area (Å²) in [7, 11) is -0.911. The maximum absolute atomic E-state index is 12.7. The summed E-state index contributed by atoms with van der Waals surface area (Å²) >= 11 is 0. The topological polar surface area (TPSA) is 35.5 Å². The SMILES string of the molecule is COc1ccc(C=C2C(=O)CC=C2O[Si](C)(c2ccccc2)c2ccccc2)cc1. The molecule has 0 fully saturated rings. The van der Waals surface area contributed by atoms with E-state index in [1.54, 1.807) is 7.11 Å². The first kappa shape index (κ1) is 19.9. The van der Waals surface area contributed by atoms with Gasteiger partial charge in [-0.3, -0.25) is 4.79 Å². The lowest BCUT2D eigenvalue weighted by Gasteiger charge is -2.30. The summed E-state index contributed by atoms with van der Waals surface area (Å²) < 4.78 is 12.0. The van der Waals surface area contributed by atoms with Gasteiger partial charge in [-0.1, -0.05) is 72.8 Å². The number of carbonyl (C=O) groups excluding carboxylic acids is 1. The Morgan fingerprint density at radius 1 is 0.833 bits per heavy atom. The van der Waals surface area contributed by atoms with E-state index in [0.717, 1.165) is 11.3 Å². The molecule has 0 heterocycles. The molecule has 0 aliphatic heterocycles. The highest BCUT2D eigenvalue weighted by Gasteiger charge is 2.38. The molecule has 1 aliphatic carbocycles. The fourth-order valence-electron chi connectivity index (χ4n) is 3.67. The van der Waals surface area contributed by atoms with Gasteiger partial charge in [0.05, 0.1) is 12.7 Å². The first-order valence-electron chi connectivity index (χ1n) is 10.00. The third-order valence-corrected chi connectivity index (χ3v) is 8.93. The molecule has 0 saturated carbocycles. The van der Waals surface area contributed by atoms with Gasteiger partial charge in [-0.05, 0) is 46.8 Å². The molecule has 3 nitrogen and oxygen atoms in total. The van der Waals surface area contributed by atoms with Gasteiger partial charge >= 0.3 is 8.32 Å². The summed E-state index contributed by atoms with van der Waals surface area (Å²) in [6.07, 6.45) is 4.19. The van der Waals surface area contributed by atoms with Crippen molar-refractivity contribution in [2.75, 3.05) is 7.11 Å². The van der Waals surface area contributed by atoms with Crippen LogP contribution in [0, 0.1) is 0 Å². The second-order valence-corrected chi connectivity index (χ2v) is 10.8. The molecule has 0 unspecified atom stereocenters. The summed E-state index contributed by atoms with van der Waals surface area (Å²) in [5.74, 6) is 1.55. The zero-order valence-electron chi connectivity index (χ0n) is 17.2. The molecule has 1 aliphatic rings. The Morgan fingerprint density at radius 2 is 1.40 bits per heavy atom. The van der Waals surface area contributed by atoms with Crippen LogP contribution in [0.1, 0.15) is 12.0 Å². The Kier molecular flexibility index (Phi) is 5.68. The first-order valence-corrected chi connectivity index (χ1v) is 12.4. The van der Waals surface area contributed by atoms with Crippen LogP contribution in [0.4, 0.5) is 0 Å². The van der Waals surface area contributed by atoms with Crippen LogP contribution >= 0.6 is 0 Å². The number of ketones is 1. The molecule has 0 aromatic heterocycles. The highest BCUT2D eigenvalue weighted by molar-refractivity contribution is 6.96. The molecular weight excluding hydrogens is 388 g/mol. The average Bonchev–Trinajstić information content (AvgIpc) is 3.14. The van der Waals surface area contributed by atoms with Crippen LogP contribution in [-0.4, -0.2) is 21.2 Å². The third kappa shape index (κ3) is 4.00. The van der Waals surface area contributed by atoms with E-state index in [1.165, 1.54) is 10.4 Å². The molecule has 0 bridgehead atoms. The van der Waals surface area contributed by atoms with Gasteiger partial charge in [0.1, 0.15) is 11.5 Å². The van der Waals surface area contributed by atoms with E-state index in [1.807, 2.05) is 72.8 Å². The fraction of sp³-hybridized carbons (Fsp3) is 0.115. The maximum Gasteiger partial charge on any atom is 0.311 e. The minimum absolute atomic E-state index is 0.0818. The maximum atomic E-state index is 12.7. The largest absolute Gasteiger partial charge is 0.535 e. The molecule has 30 heavy (non-hydrogen) atoms. The third-order valence-electron chi connectivity index (χ3n) is 5.43. The van der Waals surface area contributed by atoms with E-state index < -0.39 is 8.32 Å². The van der Waals surface area contributed by atoms with Gasteiger partial charge in [0.25, 0.3) is 0 Å². The van der Waals surface area contributed by atoms with Crippen LogP contribution < -0.4 is 15.1 Å². The van der Waals surface area contributed by atoms with Gasteiger partial charge in [0, 0.05) is 6.42 Å². The van der Waals surface area contributed by atoms with E-state index in [-0.39, 0.29) is 5.78 Å². The average molecular weight is 413 g/mol. The lowest BCUT2D eigenvalue weighted by Crippen LogP contribution is -2.58. The van der Waals surface area contributed by atoms with Gasteiger partial charge < -0.3 is 9.16 Å². The number of benzene rings is 3.